The molecule has 1 aliphatic carbocycles. The molecule has 31 heavy (non-hydrogen) atoms. The molecule has 3 heterocycles. The summed E-state index contributed by atoms with van der Waals surface area (Å²) < 4.78 is 1.71. The average molecular weight is 408 g/mol. The lowest BCUT2D eigenvalue weighted by molar-refractivity contribution is 0.0697. The summed E-state index contributed by atoms with van der Waals surface area (Å²) in [6.45, 7) is 0. The number of carbonyl (C=O) groups is 1. The smallest absolute Gasteiger partial charge is 0.335 e. The Bertz CT molecular complexity index is 1470. The van der Waals surface area contributed by atoms with Crippen LogP contribution < -0.4 is 0 Å². The zero-order valence-corrected chi connectivity index (χ0v) is 16.3. The van der Waals surface area contributed by atoms with Crippen LogP contribution in [0.3, 0.4) is 0 Å². The number of carboxylic acids is 1. The number of aromatic nitrogens is 6. The van der Waals surface area contributed by atoms with Crippen molar-refractivity contribution in [1.29, 1.82) is 0 Å². The van der Waals surface area contributed by atoms with Crippen molar-refractivity contribution in [2.45, 2.75) is 18.3 Å². The van der Waals surface area contributed by atoms with Gasteiger partial charge in [-0.25, -0.2) is 9.78 Å². The van der Waals surface area contributed by atoms with Crippen LogP contribution in [0.15, 0.2) is 67.0 Å². The first kappa shape index (κ1) is 17.6. The molecule has 0 unspecified atom stereocenters. The fourth-order valence-electron chi connectivity index (χ4n) is 4.05. The molecule has 1 saturated carbocycles. The molecule has 0 atom stereocenters. The zero-order chi connectivity index (χ0) is 21.0. The van der Waals surface area contributed by atoms with Crippen molar-refractivity contribution in [2.24, 2.45) is 0 Å². The maximum absolute atomic E-state index is 11.1. The second kappa shape index (κ2) is 6.40. The summed E-state index contributed by atoms with van der Waals surface area (Å²) in [5, 5.41) is 23.6. The Morgan fingerprint density at radius 3 is 2.61 bits per heavy atom. The number of aromatic carboxylic acids is 1. The summed E-state index contributed by atoms with van der Waals surface area (Å²) in [7, 11) is 0. The number of nitrogens with zero attached hydrogens (tertiary/aromatic N) is 6. The number of fused-ring (bicyclic) bond motifs is 2. The summed E-state index contributed by atoms with van der Waals surface area (Å²) in [5.74, 6) is 0.243. The molecular weight excluding hydrogens is 392 g/mol. The van der Waals surface area contributed by atoms with Gasteiger partial charge in [0.25, 0.3) is 5.78 Å². The Balaban J connectivity index is 1.45. The maximum Gasteiger partial charge on any atom is 0.335 e. The molecule has 8 heteroatoms. The molecule has 0 aliphatic heterocycles. The van der Waals surface area contributed by atoms with Crippen LogP contribution in [-0.2, 0) is 5.41 Å². The lowest BCUT2D eigenvalue weighted by Gasteiger charge is -2.14. The summed E-state index contributed by atoms with van der Waals surface area (Å²) in [6, 6.07) is 16.9. The molecule has 2 aromatic carbocycles. The molecule has 0 bridgehead atoms. The second-order valence-corrected chi connectivity index (χ2v) is 7.75. The van der Waals surface area contributed by atoms with Gasteiger partial charge in [0, 0.05) is 17.1 Å². The third-order valence-electron chi connectivity index (χ3n) is 5.90. The maximum atomic E-state index is 11.1. The number of benzene rings is 2. The van der Waals surface area contributed by atoms with E-state index in [2.05, 4.69) is 38.4 Å². The number of carboxylic acid groups (broad SMARTS) is 1. The topological polar surface area (TPSA) is 106 Å². The molecule has 6 rings (SSSR count). The van der Waals surface area contributed by atoms with Crippen molar-refractivity contribution in [3.8, 4) is 11.3 Å². The quantitative estimate of drug-likeness (QED) is 0.485. The van der Waals surface area contributed by atoms with E-state index in [9.17, 15) is 4.79 Å². The van der Waals surface area contributed by atoms with E-state index >= 15 is 0 Å². The largest absolute Gasteiger partial charge is 0.478 e. The van der Waals surface area contributed by atoms with E-state index in [1.54, 1.807) is 41.2 Å². The molecule has 0 radical (unpaired) electrons. The molecule has 150 valence electrons. The fourth-order valence-corrected chi connectivity index (χ4v) is 4.05. The van der Waals surface area contributed by atoms with Gasteiger partial charge in [0.05, 0.1) is 22.7 Å². The van der Waals surface area contributed by atoms with Crippen molar-refractivity contribution in [3.63, 3.8) is 0 Å². The van der Waals surface area contributed by atoms with E-state index in [4.69, 9.17) is 10.2 Å². The Morgan fingerprint density at radius 1 is 1.00 bits per heavy atom. The standard InChI is InChI=1S/C23H16N6O2/c30-20(31)15-5-3-14(4-6-15)19-13-25-22-27-26-21(29(22)28-19)23(9-10-23)17-7-8-18-16(12-17)2-1-11-24-18/h1-8,11-13H,9-10H2,(H,30,31). The number of rotatable bonds is 4. The van der Waals surface area contributed by atoms with Crippen molar-refractivity contribution in [1.82, 2.24) is 29.8 Å². The molecule has 1 N–H and O–H groups in total. The highest BCUT2D eigenvalue weighted by molar-refractivity contribution is 5.88. The van der Waals surface area contributed by atoms with Crippen molar-refractivity contribution in [2.75, 3.05) is 0 Å². The van der Waals surface area contributed by atoms with E-state index in [1.165, 1.54) is 5.56 Å². The van der Waals surface area contributed by atoms with Gasteiger partial charge in [-0.2, -0.15) is 9.61 Å². The highest BCUT2D eigenvalue weighted by atomic mass is 16.4. The van der Waals surface area contributed by atoms with Gasteiger partial charge in [-0.3, -0.25) is 4.98 Å². The predicted octanol–water partition coefficient (Wildman–Crippen LogP) is 3.51. The first-order valence-corrected chi connectivity index (χ1v) is 9.92. The fraction of sp³-hybridized carbons (Fsp3) is 0.130. The highest BCUT2D eigenvalue weighted by Gasteiger charge is 2.50. The van der Waals surface area contributed by atoms with E-state index in [1.807, 2.05) is 12.1 Å². The number of hydrogen-bond acceptors (Lipinski definition) is 6. The lowest BCUT2D eigenvalue weighted by atomic mass is 9.94. The van der Waals surface area contributed by atoms with Crippen LogP contribution in [-0.4, -0.2) is 40.9 Å². The second-order valence-electron chi connectivity index (χ2n) is 7.75. The number of pyridine rings is 1. The monoisotopic (exact) mass is 408 g/mol. The van der Waals surface area contributed by atoms with Crippen LogP contribution >= 0.6 is 0 Å². The molecule has 1 aliphatic rings. The van der Waals surface area contributed by atoms with Gasteiger partial charge >= 0.3 is 5.97 Å². The lowest BCUT2D eigenvalue weighted by Crippen LogP contribution is -2.15. The zero-order valence-electron chi connectivity index (χ0n) is 16.3. The molecule has 3 aromatic heterocycles. The van der Waals surface area contributed by atoms with Crippen molar-refractivity contribution in [3.05, 3.63) is 83.9 Å². The van der Waals surface area contributed by atoms with Crippen LogP contribution in [0.4, 0.5) is 0 Å². The van der Waals surface area contributed by atoms with Gasteiger partial charge in [-0.15, -0.1) is 10.2 Å². The summed E-state index contributed by atoms with van der Waals surface area (Å²) in [6.07, 6.45) is 5.34. The van der Waals surface area contributed by atoms with E-state index in [0.717, 1.165) is 35.1 Å². The van der Waals surface area contributed by atoms with Crippen LogP contribution in [0.2, 0.25) is 0 Å². The third kappa shape index (κ3) is 2.76. The minimum Gasteiger partial charge on any atom is -0.478 e. The Kier molecular flexibility index (Phi) is 3.64. The molecule has 5 aromatic rings. The average Bonchev–Trinajstić information content (AvgIpc) is 3.51. The molecule has 8 nitrogen and oxygen atoms in total. The molecular formula is C23H16N6O2. The molecule has 1 fully saturated rings. The van der Waals surface area contributed by atoms with Gasteiger partial charge < -0.3 is 5.11 Å². The first-order chi connectivity index (χ1) is 15.1. The van der Waals surface area contributed by atoms with E-state index < -0.39 is 5.97 Å². The predicted molar refractivity (Wildman–Crippen MR) is 113 cm³/mol. The molecule has 0 amide bonds. The van der Waals surface area contributed by atoms with E-state index in [-0.39, 0.29) is 11.0 Å². The molecule has 0 spiro atoms. The molecule has 0 saturated heterocycles. The normalized spacial score (nSPS) is 14.7. The Morgan fingerprint density at radius 2 is 1.84 bits per heavy atom. The van der Waals surface area contributed by atoms with E-state index in [0.29, 0.717) is 11.5 Å². The SMILES string of the molecule is O=C(O)c1ccc(-c2cnc3nnc(C4(c5ccc6ncccc6c5)CC4)n3n2)cc1. The van der Waals surface area contributed by atoms with Crippen LogP contribution in [0.1, 0.15) is 34.6 Å². The summed E-state index contributed by atoms with van der Waals surface area (Å²) in [5.41, 5.74) is 3.51. The van der Waals surface area contributed by atoms with Gasteiger partial charge in [-0.05, 0) is 48.7 Å². The number of hydrogen-bond donors (Lipinski definition) is 1. The van der Waals surface area contributed by atoms with Crippen LogP contribution in [0.25, 0.3) is 27.9 Å². The Labute approximate surface area is 176 Å². The highest BCUT2D eigenvalue weighted by Crippen LogP contribution is 2.53. The first-order valence-electron chi connectivity index (χ1n) is 9.92. The van der Waals surface area contributed by atoms with Crippen LogP contribution in [0, 0.1) is 0 Å². The summed E-state index contributed by atoms with van der Waals surface area (Å²) >= 11 is 0. The third-order valence-corrected chi connectivity index (χ3v) is 5.90. The minimum atomic E-state index is -0.963. The minimum absolute atomic E-state index is 0.227. The Hall–Kier alpha value is -4.20. The van der Waals surface area contributed by atoms with Gasteiger partial charge in [0.15, 0.2) is 5.82 Å². The summed E-state index contributed by atoms with van der Waals surface area (Å²) in [4.78, 5) is 19.9. The van der Waals surface area contributed by atoms with Gasteiger partial charge in [-0.1, -0.05) is 24.3 Å². The van der Waals surface area contributed by atoms with Gasteiger partial charge in [0.1, 0.15) is 5.69 Å². The van der Waals surface area contributed by atoms with Crippen molar-refractivity contribution < 1.29 is 9.90 Å². The van der Waals surface area contributed by atoms with Crippen molar-refractivity contribution >= 4 is 22.6 Å². The van der Waals surface area contributed by atoms with Gasteiger partial charge in [0.2, 0.25) is 0 Å². The van der Waals surface area contributed by atoms with Crippen LogP contribution in [0.5, 0.6) is 0 Å².